The predicted molar refractivity (Wildman–Crippen MR) is 146 cm³/mol. The first-order valence-corrected chi connectivity index (χ1v) is 12.9. The van der Waals surface area contributed by atoms with Gasteiger partial charge in [0.25, 0.3) is 5.91 Å². The summed E-state index contributed by atoms with van der Waals surface area (Å²) in [7, 11) is 1.48. The first-order chi connectivity index (χ1) is 19.5. The Labute approximate surface area is 231 Å². The van der Waals surface area contributed by atoms with Crippen molar-refractivity contribution in [1.82, 2.24) is 4.90 Å². The van der Waals surface area contributed by atoms with E-state index in [2.05, 4.69) is 0 Å². The highest BCUT2D eigenvalue weighted by molar-refractivity contribution is 6.07. The lowest BCUT2D eigenvalue weighted by Gasteiger charge is -2.29. The molecule has 40 heavy (non-hydrogen) atoms. The Bertz CT molecular complexity index is 1540. The van der Waals surface area contributed by atoms with Gasteiger partial charge >= 0.3 is 5.97 Å². The predicted octanol–water partition coefficient (Wildman–Crippen LogP) is 4.96. The van der Waals surface area contributed by atoms with Crippen molar-refractivity contribution in [2.45, 2.75) is 18.7 Å². The maximum Gasteiger partial charge on any atom is 0.343 e. The van der Waals surface area contributed by atoms with Gasteiger partial charge in [-0.05, 0) is 47.5 Å². The van der Waals surface area contributed by atoms with Crippen molar-refractivity contribution in [2.24, 2.45) is 5.92 Å². The molecule has 8 nitrogen and oxygen atoms in total. The van der Waals surface area contributed by atoms with E-state index >= 15 is 0 Å². The summed E-state index contributed by atoms with van der Waals surface area (Å²) in [6.45, 7) is 0.171. The molecule has 2 heterocycles. The van der Waals surface area contributed by atoms with Crippen LogP contribution in [0.4, 0.5) is 5.69 Å². The van der Waals surface area contributed by atoms with Crippen LogP contribution in [-0.2, 0) is 21.0 Å². The van der Waals surface area contributed by atoms with Crippen molar-refractivity contribution >= 4 is 23.5 Å². The number of ether oxygens (including phenoxy) is 2. The number of hydrogen-bond acceptors (Lipinski definition) is 7. The highest BCUT2D eigenvalue weighted by Gasteiger charge is 2.59. The zero-order valence-electron chi connectivity index (χ0n) is 21.7. The van der Waals surface area contributed by atoms with Gasteiger partial charge < -0.3 is 9.47 Å². The lowest BCUT2D eigenvalue weighted by molar-refractivity contribution is -0.143. The fourth-order valence-corrected chi connectivity index (χ4v) is 5.22. The molecule has 2 aliphatic heterocycles. The van der Waals surface area contributed by atoms with Crippen LogP contribution < -0.4 is 14.5 Å². The molecule has 2 saturated heterocycles. The molecule has 4 aromatic rings. The van der Waals surface area contributed by atoms with Crippen LogP contribution >= 0.6 is 0 Å². The Morgan fingerprint density at radius 1 is 0.800 bits per heavy atom. The molecule has 8 heteroatoms. The van der Waals surface area contributed by atoms with Gasteiger partial charge in [-0.1, -0.05) is 72.8 Å². The minimum Gasteiger partial charge on any atom is -0.493 e. The summed E-state index contributed by atoms with van der Waals surface area (Å²) in [4.78, 5) is 47.4. The summed E-state index contributed by atoms with van der Waals surface area (Å²) in [5.74, 6) is -1.42. The Kier molecular flexibility index (Phi) is 6.76. The second-order valence-corrected chi connectivity index (χ2v) is 9.57. The summed E-state index contributed by atoms with van der Waals surface area (Å²) < 4.78 is 11.2. The van der Waals surface area contributed by atoms with Crippen molar-refractivity contribution < 1.29 is 28.7 Å². The molecule has 4 aromatic carbocycles. The van der Waals surface area contributed by atoms with Crippen LogP contribution in [0.25, 0.3) is 0 Å². The fraction of sp³-hybridized carbons (Fsp3) is 0.156. The van der Waals surface area contributed by atoms with Gasteiger partial charge in [0.15, 0.2) is 17.6 Å². The average Bonchev–Trinajstić information content (AvgIpc) is 3.50. The highest BCUT2D eigenvalue weighted by Crippen LogP contribution is 2.48. The molecule has 0 radical (unpaired) electrons. The summed E-state index contributed by atoms with van der Waals surface area (Å²) in [6.07, 6.45) is -0.969. The summed E-state index contributed by atoms with van der Waals surface area (Å²) in [5.41, 5.74) is 2.64. The van der Waals surface area contributed by atoms with Gasteiger partial charge in [0.2, 0.25) is 5.91 Å². The summed E-state index contributed by atoms with van der Waals surface area (Å²) >= 11 is 0. The SMILES string of the molecule is COc1cc([C@@H]2[C@@H]3C(=O)N(Cc4ccccc4)C(=O)[C@H]3ON2c2ccccc2)ccc1OC(=O)c1ccccc1. The zero-order valence-corrected chi connectivity index (χ0v) is 21.7. The van der Waals surface area contributed by atoms with Crippen LogP contribution in [-0.4, -0.2) is 35.9 Å². The fourth-order valence-electron chi connectivity index (χ4n) is 5.22. The maximum atomic E-state index is 13.8. The minimum absolute atomic E-state index is 0.171. The maximum absolute atomic E-state index is 13.8. The molecule has 3 atom stereocenters. The monoisotopic (exact) mass is 534 g/mol. The van der Waals surface area contributed by atoms with Gasteiger partial charge in [-0.2, -0.15) is 0 Å². The number of hydrogen-bond donors (Lipinski definition) is 0. The molecule has 0 bridgehead atoms. The Hall–Kier alpha value is -4.95. The molecule has 2 fully saturated rings. The molecule has 0 unspecified atom stereocenters. The van der Waals surface area contributed by atoms with E-state index in [4.69, 9.17) is 14.3 Å². The molecule has 0 N–H and O–H groups in total. The third kappa shape index (κ3) is 4.58. The van der Waals surface area contributed by atoms with Crippen molar-refractivity contribution in [3.8, 4) is 11.5 Å². The number of likely N-dealkylation sites (tertiary alicyclic amines) is 1. The van der Waals surface area contributed by atoms with E-state index in [1.165, 1.54) is 12.0 Å². The van der Waals surface area contributed by atoms with Gasteiger partial charge in [-0.15, -0.1) is 0 Å². The number of esters is 1. The van der Waals surface area contributed by atoms with E-state index in [0.717, 1.165) is 5.56 Å². The first-order valence-electron chi connectivity index (χ1n) is 12.9. The summed E-state index contributed by atoms with van der Waals surface area (Å²) in [5, 5.41) is 1.62. The number of fused-ring (bicyclic) bond motifs is 1. The van der Waals surface area contributed by atoms with Gasteiger partial charge in [0.05, 0.1) is 30.9 Å². The number of nitrogens with zero attached hydrogens (tertiary/aromatic N) is 2. The zero-order chi connectivity index (χ0) is 27.6. The van der Waals surface area contributed by atoms with Crippen LogP contribution in [0.3, 0.4) is 0 Å². The van der Waals surface area contributed by atoms with E-state index < -0.39 is 24.0 Å². The molecule has 2 amide bonds. The van der Waals surface area contributed by atoms with Crippen LogP contribution in [0.15, 0.2) is 109 Å². The standard InChI is InChI=1S/C32H26N2O6/c1-38-26-19-23(17-18-25(26)39-32(37)22-13-7-3-8-14-22)28-27-29(40-34(28)24-15-9-4-10-16-24)31(36)33(30(27)35)20-21-11-5-2-6-12-21/h2-19,27-29H,20H2,1H3/t27-,28+,29-/m0/s1. The lowest BCUT2D eigenvalue weighted by Crippen LogP contribution is -2.36. The van der Waals surface area contributed by atoms with Crippen molar-refractivity contribution in [2.75, 3.05) is 12.2 Å². The van der Waals surface area contributed by atoms with Crippen molar-refractivity contribution in [1.29, 1.82) is 0 Å². The van der Waals surface area contributed by atoms with E-state index in [1.807, 2.05) is 66.7 Å². The molecule has 0 aliphatic carbocycles. The third-order valence-corrected chi connectivity index (χ3v) is 7.14. The molecular formula is C32H26N2O6. The largest absolute Gasteiger partial charge is 0.493 e. The lowest BCUT2D eigenvalue weighted by atomic mass is 9.90. The van der Waals surface area contributed by atoms with E-state index in [9.17, 15) is 14.4 Å². The van der Waals surface area contributed by atoms with Crippen LogP contribution in [0.1, 0.15) is 27.5 Å². The quantitative estimate of drug-likeness (QED) is 0.188. The molecule has 200 valence electrons. The smallest absolute Gasteiger partial charge is 0.343 e. The number of para-hydroxylation sites is 1. The highest BCUT2D eigenvalue weighted by atomic mass is 16.7. The molecule has 0 saturated carbocycles. The van der Waals surface area contributed by atoms with E-state index in [-0.39, 0.29) is 24.1 Å². The molecule has 2 aliphatic rings. The Morgan fingerprint density at radius 2 is 1.45 bits per heavy atom. The Balaban J connectivity index is 1.35. The van der Waals surface area contributed by atoms with Crippen molar-refractivity contribution in [3.63, 3.8) is 0 Å². The number of hydroxylamine groups is 1. The topological polar surface area (TPSA) is 85.4 Å². The molecular weight excluding hydrogens is 508 g/mol. The second-order valence-electron chi connectivity index (χ2n) is 9.57. The Morgan fingerprint density at radius 3 is 2.12 bits per heavy atom. The van der Waals surface area contributed by atoms with Gasteiger partial charge in [-0.25, -0.2) is 9.86 Å². The average molecular weight is 535 g/mol. The molecule has 6 rings (SSSR count). The minimum atomic E-state index is -0.969. The molecule has 0 aromatic heterocycles. The second kappa shape index (κ2) is 10.7. The van der Waals surface area contributed by atoms with Gasteiger partial charge in [0, 0.05) is 0 Å². The number of amides is 2. The number of carbonyl (C=O) groups excluding carboxylic acids is 3. The van der Waals surface area contributed by atoms with Crippen LogP contribution in [0, 0.1) is 5.92 Å². The number of carbonyl (C=O) groups is 3. The van der Waals surface area contributed by atoms with Crippen molar-refractivity contribution in [3.05, 3.63) is 126 Å². The van der Waals surface area contributed by atoms with E-state index in [1.54, 1.807) is 47.5 Å². The number of anilines is 1. The third-order valence-electron chi connectivity index (χ3n) is 7.14. The van der Waals surface area contributed by atoms with Gasteiger partial charge in [0.1, 0.15) is 5.92 Å². The number of methoxy groups -OCH3 is 1. The van der Waals surface area contributed by atoms with Crippen LogP contribution in [0.2, 0.25) is 0 Å². The molecule has 0 spiro atoms. The first kappa shape index (κ1) is 25.3. The number of rotatable bonds is 7. The summed E-state index contributed by atoms with van der Waals surface area (Å²) in [6, 6.07) is 31.9. The van der Waals surface area contributed by atoms with Gasteiger partial charge in [-0.3, -0.25) is 19.3 Å². The van der Waals surface area contributed by atoms with E-state index in [0.29, 0.717) is 22.6 Å². The number of benzene rings is 4. The normalized spacial score (nSPS) is 20.0. The number of imide groups is 1. The van der Waals surface area contributed by atoms with Crippen LogP contribution in [0.5, 0.6) is 11.5 Å².